The molecule has 4 N–H and O–H groups in total. The number of methoxy groups -OCH3 is 1. The molecule has 4 heterocycles. The van der Waals surface area contributed by atoms with Crippen LogP contribution in [-0.4, -0.2) is 138 Å². The van der Waals surface area contributed by atoms with Gasteiger partial charge >= 0.3 is 5.97 Å². The highest BCUT2D eigenvalue weighted by Crippen LogP contribution is 2.41. The molecule has 0 unspecified atom stereocenters. The van der Waals surface area contributed by atoms with Crippen molar-refractivity contribution in [2.75, 3.05) is 26.9 Å². The largest absolute Gasteiger partial charge is 0.460 e. The number of tetrazole rings is 1. The lowest BCUT2D eigenvalue weighted by Crippen LogP contribution is -2.61. The SMILES string of the molecule is CO[C@H]1C[C@@H]2CC[C@@H](C)[C@@](O)(O2)C(=O)C(=O)N2CCCC[C@H]2C(=O)O[C@H]([C@H](C)C[C@@H]2CC[C@H](n3cnnn3)[C@H](CO)C2)CC(=O)[C@H](C)/C=C(\C)[C@@H](O)[C@@H](CO)C(=O)[C@H](C)C[C@H](C)/C=C/C=CC=C1C. The van der Waals surface area contributed by atoms with Gasteiger partial charge in [-0.25, -0.2) is 9.48 Å². The zero-order chi connectivity index (χ0) is 50.6. The molecule has 0 radical (unpaired) electrons. The van der Waals surface area contributed by atoms with E-state index in [1.165, 1.54) is 4.90 Å². The number of piperidine rings is 1. The van der Waals surface area contributed by atoms with Gasteiger partial charge in [0.25, 0.3) is 11.7 Å². The van der Waals surface area contributed by atoms with E-state index in [-0.39, 0.29) is 67.3 Å². The van der Waals surface area contributed by atoms with Crippen LogP contribution < -0.4 is 0 Å². The number of ether oxygens (including phenoxy) is 3. The summed E-state index contributed by atoms with van der Waals surface area (Å²) in [4.78, 5) is 72.2. The molecule has 4 aliphatic rings. The number of fused-ring (bicyclic) bond motifs is 3. The maximum absolute atomic E-state index is 14.5. The van der Waals surface area contributed by atoms with Crippen molar-refractivity contribution in [2.24, 2.45) is 47.3 Å². The Morgan fingerprint density at radius 1 is 0.913 bits per heavy atom. The van der Waals surface area contributed by atoms with Crippen molar-refractivity contribution in [1.82, 2.24) is 25.1 Å². The molecule has 3 aliphatic heterocycles. The van der Waals surface area contributed by atoms with Crippen molar-refractivity contribution in [3.8, 4) is 0 Å². The summed E-state index contributed by atoms with van der Waals surface area (Å²) in [5.74, 6) is -9.51. The second-order valence-electron chi connectivity index (χ2n) is 20.7. The number of aromatic nitrogens is 4. The normalized spacial score (nSPS) is 37.5. The summed E-state index contributed by atoms with van der Waals surface area (Å²) in [5, 5.41) is 55.8. The van der Waals surface area contributed by atoms with Gasteiger partial charge in [-0.15, -0.1) is 5.10 Å². The summed E-state index contributed by atoms with van der Waals surface area (Å²) in [6.45, 7) is 11.9. The summed E-state index contributed by atoms with van der Waals surface area (Å²) >= 11 is 0. The van der Waals surface area contributed by atoms with Crippen molar-refractivity contribution >= 4 is 29.2 Å². The standard InChI is InChI=1S/C52H79N5O12/c1-31-14-10-9-11-15-32(2)45(67-8)26-40-19-17-37(7)52(66,69-40)49(63)50(64)56-21-13-12-16-43(56)51(65)68-46(34(4)24-38-18-20-42(39(25-38)28-58)57-30-53-54-55-57)27-44(60)33(3)23-36(6)48(62)41(29-59)47(61)35(5)22-31/h9-11,14-15,23,30-31,33-35,37-43,45-46,48,58-59,62,66H,12-13,16-22,24-29H2,1-8H3/b11-9?,14-10+,32-15?,36-23+/t31-,33-,34-,35-,37-,38+,39+,40+,41+,42+,43+,45+,46+,48-,52-/m1/s1. The average molecular weight is 966 g/mol. The van der Waals surface area contributed by atoms with Crippen molar-refractivity contribution < 1.29 is 58.6 Å². The number of cyclic esters (lactones) is 1. The second kappa shape index (κ2) is 25.7. The highest BCUT2D eigenvalue weighted by molar-refractivity contribution is 6.39. The van der Waals surface area contributed by atoms with E-state index in [0.29, 0.717) is 63.4 Å². The Morgan fingerprint density at radius 3 is 2.35 bits per heavy atom. The Kier molecular flexibility index (Phi) is 20.8. The molecule has 1 saturated carbocycles. The molecule has 15 atom stereocenters. The van der Waals surface area contributed by atoms with E-state index in [4.69, 9.17) is 14.2 Å². The van der Waals surface area contributed by atoms with Gasteiger partial charge in [-0.3, -0.25) is 19.2 Å². The molecule has 2 saturated heterocycles. The van der Waals surface area contributed by atoms with Gasteiger partial charge in [0.05, 0.1) is 36.9 Å². The third-order valence-corrected chi connectivity index (χ3v) is 15.4. The van der Waals surface area contributed by atoms with Crippen LogP contribution in [0.2, 0.25) is 0 Å². The molecular weight excluding hydrogens is 887 g/mol. The van der Waals surface area contributed by atoms with Gasteiger partial charge in [0.1, 0.15) is 30.0 Å². The first-order valence-electron chi connectivity index (χ1n) is 25.2. The van der Waals surface area contributed by atoms with Gasteiger partial charge in [0, 0.05) is 56.8 Å². The summed E-state index contributed by atoms with van der Waals surface area (Å²) in [7, 11) is 1.57. The predicted molar refractivity (Wildman–Crippen MR) is 256 cm³/mol. The van der Waals surface area contributed by atoms with Crippen molar-refractivity contribution in [1.29, 1.82) is 0 Å². The van der Waals surface area contributed by atoms with Crippen LogP contribution >= 0.6 is 0 Å². The third-order valence-electron chi connectivity index (χ3n) is 15.4. The fourth-order valence-corrected chi connectivity index (χ4v) is 11.0. The number of rotatable bonds is 7. The molecule has 17 nitrogen and oxygen atoms in total. The van der Waals surface area contributed by atoms with Gasteiger partial charge < -0.3 is 39.5 Å². The molecular formula is C52H79N5O12. The van der Waals surface area contributed by atoms with Crippen LogP contribution in [0.3, 0.4) is 0 Å². The number of aliphatic hydroxyl groups is 4. The number of carbonyl (C=O) groups excluding carboxylic acids is 5. The van der Waals surface area contributed by atoms with E-state index < -0.39 is 84.2 Å². The number of Topliss-reactive ketones (excluding diaryl/α,β-unsaturated/α-hetero) is 3. The number of hydrogen-bond donors (Lipinski definition) is 4. The number of carbonyl (C=O) groups is 5. The summed E-state index contributed by atoms with van der Waals surface area (Å²) in [6.07, 6.45) is 14.7. The van der Waals surface area contributed by atoms with Gasteiger partial charge in [0.2, 0.25) is 5.79 Å². The van der Waals surface area contributed by atoms with Crippen molar-refractivity contribution in [3.63, 3.8) is 0 Å². The van der Waals surface area contributed by atoms with Crippen LogP contribution in [0.25, 0.3) is 0 Å². The minimum Gasteiger partial charge on any atom is -0.460 e. The van der Waals surface area contributed by atoms with E-state index in [0.717, 1.165) is 12.0 Å². The topological polar surface area (TPSA) is 241 Å². The van der Waals surface area contributed by atoms with Crippen LogP contribution in [0, 0.1) is 47.3 Å². The molecule has 3 fully saturated rings. The van der Waals surface area contributed by atoms with Gasteiger partial charge in [-0.2, -0.15) is 0 Å². The van der Waals surface area contributed by atoms with Gasteiger partial charge in [0.15, 0.2) is 0 Å². The average Bonchev–Trinajstić information content (AvgIpc) is 3.88. The third kappa shape index (κ3) is 14.2. The fraction of sp³-hybridized carbons (Fsp3) is 0.731. The minimum absolute atomic E-state index is 0.0140. The molecule has 0 spiro atoms. The summed E-state index contributed by atoms with van der Waals surface area (Å²) < 4.78 is 20.0. The Balaban J connectivity index is 1.46. The molecule has 384 valence electrons. The van der Waals surface area contributed by atoms with Crippen LogP contribution in [-0.2, 0) is 38.2 Å². The van der Waals surface area contributed by atoms with E-state index in [1.807, 2.05) is 51.2 Å². The first kappa shape index (κ1) is 55.7. The van der Waals surface area contributed by atoms with Crippen LogP contribution in [0.15, 0.2) is 53.9 Å². The maximum Gasteiger partial charge on any atom is 0.329 e. The molecule has 0 aromatic carbocycles. The molecule has 1 amide bonds. The lowest BCUT2D eigenvalue weighted by atomic mass is 9.74. The number of allylic oxidation sites excluding steroid dienone is 6. The molecule has 17 heteroatoms. The van der Waals surface area contributed by atoms with Gasteiger partial charge in [-0.1, -0.05) is 71.1 Å². The number of hydrogen-bond acceptors (Lipinski definition) is 15. The fourth-order valence-electron chi connectivity index (χ4n) is 11.0. The smallest absolute Gasteiger partial charge is 0.329 e. The van der Waals surface area contributed by atoms with Gasteiger partial charge in [-0.05, 0) is 117 Å². The van der Waals surface area contributed by atoms with Crippen LogP contribution in [0.1, 0.15) is 132 Å². The second-order valence-corrected chi connectivity index (χ2v) is 20.7. The molecule has 2 bridgehead atoms. The first-order chi connectivity index (χ1) is 32.8. The van der Waals surface area contributed by atoms with Crippen LogP contribution in [0.4, 0.5) is 0 Å². The van der Waals surface area contributed by atoms with E-state index in [9.17, 15) is 44.4 Å². The highest BCUT2D eigenvalue weighted by atomic mass is 16.6. The molecule has 1 aromatic heterocycles. The Morgan fingerprint density at radius 2 is 1.67 bits per heavy atom. The minimum atomic E-state index is -2.45. The van der Waals surface area contributed by atoms with Crippen LogP contribution in [0.5, 0.6) is 0 Å². The zero-order valence-electron chi connectivity index (χ0n) is 42.0. The lowest BCUT2D eigenvalue weighted by Gasteiger charge is -2.42. The number of esters is 1. The Labute approximate surface area is 407 Å². The summed E-state index contributed by atoms with van der Waals surface area (Å²) in [6, 6.07) is -1.25. The summed E-state index contributed by atoms with van der Waals surface area (Å²) in [5.41, 5.74) is 1.21. The van der Waals surface area contributed by atoms with E-state index >= 15 is 0 Å². The Hall–Kier alpha value is -4.26. The van der Waals surface area contributed by atoms with Crippen molar-refractivity contribution in [3.05, 3.63) is 53.9 Å². The number of aliphatic hydroxyl groups excluding tert-OH is 3. The first-order valence-corrected chi connectivity index (χ1v) is 25.2. The zero-order valence-corrected chi connectivity index (χ0v) is 42.0. The molecule has 1 aromatic rings. The Bertz CT molecular complexity index is 2020. The molecule has 5 rings (SSSR count). The van der Waals surface area contributed by atoms with E-state index in [2.05, 4.69) is 15.5 Å². The number of nitrogens with zero attached hydrogens (tertiary/aromatic N) is 5. The van der Waals surface area contributed by atoms with E-state index in [1.54, 1.807) is 51.9 Å². The lowest BCUT2D eigenvalue weighted by molar-refractivity contribution is -0.265. The number of amides is 1. The molecule has 1 aliphatic carbocycles. The monoisotopic (exact) mass is 966 g/mol. The molecule has 69 heavy (non-hydrogen) atoms. The van der Waals surface area contributed by atoms with Crippen molar-refractivity contribution in [2.45, 2.75) is 168 Å². The number of ketones is 3. The quantitative estimate of drug-likeness (QED) is 0.155. The maximum atomic E-state index is 14.5. The highest BCUT2D eigenvalue weighted by Gasteiger charge is 2.53. The predicted octanol–water partition coefficient (Wildman–Crippen LogP) is 5.23.